The number of piperazine rings is 1. The Hall–Kier alpha value is -0.680. The molecule has 0 aliphatic carbocycles. The molecule has 1 heterocycles. The number of rotatable bonds is 4. The first kappa shape index (κ1) is 13.7. The molecule has 1 aliphatic rings. The van der Waals surface area contributed by atoms with Crippen molar-refractivity contribution in [3.8, 4) is 0 Å². The van der Waals surface area contributed by atoms with Crippen LogP contribution in [0.4, 0.5) is 4.39 Å². The third-order valence-corrected chi connectivity index (χ3v) is 3.42. The van der Waals surface area contributed by atoms with Gasteiger partial charge in [0.25, 0.3) is 0 Å². The van der Waals surface area contributed by atoms with Gasteiger partial charge in [0, 0.05) is 32.7 Å². The monoisotopic (exact) mass is 272 g/mol. The van der Waals surface area contributed by atoms with Gasteiger partial charge in [-0.25, -0.2) is 4.39 Å². The standard InChI is InChI=1S/C13H18ClFN2O/c14-12-8-10(1-2-13(12)15)7-11(18)9-17-5-3-16-4-6-17/h1-2,8,11,16,18H,3-7,9H2. The summed E-state index contributed by atoms with van der Waals surface area (Å²) in [5.41, 5.74) is 0.865. The zero-order valence-electron chi connectivity index (χ0n) is 10.2. The molecule has 1 saturated heterocycles. The summed E-state index contributed by atoms with van der Waals surface area (Å²) in [6, 6.07) is 4.59. The SMILES string of the molecule is OC(Cc1ccc(F)c(Cl)c1)CN1CCNCC1. The molecule has 1 fully saturated rings. The van der Waals surface area contributed by atoms with Gasteiger partial charge in [-0.1, -0.05) is 17.7 Å². The first-order valence-corrected chi connectivity index (χ1v) is 6.58. The van der Waals surface area contributed by atoms with Gasteiger partial charge in [-0.3, -0.25) is 4.90 Å². The fourth-order valence-electron chi connectivity index (χ4n) is 2.19. The quantitative estimate of drug-likeness (QED) is 0.867. The van der Waals surface area contributed by atoms with Crippen LogP contribution in [0.25, 0.3) is 0 Å². The molecular weight excluding hydrogens is 255 g/mol. The fraction of sp³-hybridized carbons (Fsp3) is 0.538. The van der Waals surface area contributed by atoms with Crippen LogP contribution in [0.1, 0.15) is 5.56 Å². The van der Waals surface area contributed by atoms with Gasteiger partial charge in [0.1, 0.15) is 5.82 Å². The zero-order chi connectivity index (χ0) is 13.0. The van der Waals surface area contributed by atoms with Crippen LogP contribution in [0, 0.1) is 5.82 Å². The minimum Gasteiger partial charge on any atom is -0.391 e. The van der Waals surface area contributed by atoms with E-state index in [4.69, 9.17) is 11.6 Å². The molecule has 0 aromatic heterocycles. The Morgan fingerprint density at radius 3 is 2.78 bits per heavy atom. The third-order valence-electron chi connectivity index (χ3n) is 3.13. The third kappa shape index (κ3) is 3.92. The number of nitrogens with one attached hydrogen (secondary N) is 1. The minimum atomic E-state index is -0.440. The molecule has 100 valence electrons. The molecule has 18 heavy (non-hydrogen) atoms. The van der Waals surface area contributed by atoms with Crippen LogP contribution in [0.3, 0.4) is 0 Å². The molecule has 1 unspecified atom stereocenters. The second-order valence-corrected chi connectivity index (χ2v) is 5.06. The van der Waals surface area contributed by atoms with E-state index < -0.39 is 11.9 Å². The average molecular weight is 273 g/mol. The number of nitrogens with zero attached hydrogens (tertiary/aromatic N) is 1. The lowest BCUT2D eigenvalue weighted by molar-refractivity contribution is 0.105. The van der Waals surface area contributed by atoms with E-state index in [9.17, 15) is 9.50 Å². The Morgan fingerprint density at radius 1 is 1.39 bits per heavy atom. The summed E-state index contributed by atoms with van der Waals surface area (Å²) in [5.74, 6) is -0.419. The topological polar surface area (TPSA) is 35.5 Å². The van der Waals surface area contributed by atoms with Crippen molar-refractivity contribution in [3.63, 3.8) is 0 Å². The van der Waals surface area contributed by atoms with E-state index in [1.807, 2.05) is 0 Å². The lowest BCUT2D eigenvalue weighted by atomic mass is 10.1. The molecule has 3 nitrogen and oxygen atoms in total. The van der Waals surface area contributed by atoms with Gasteiger partial charge in [0.2, 0.25) is 0 Å². The molecule has 0 amide bonds. The second-order valence-electron chi connectivity index (χ2n) is 4.66. The first-order chi connectivity index (χ1) is 8.65. The zero-order valence-corrected chi connectivity index (χ0v) is 11.0. The minimum absolute atomic E-state index is 0.113. The van der Waals surface area contributed by atoms with Crippen LogP contribution in [0.5, 0.6) is 0 Å². The predicted molar refractivity (Wildman–Crippen MR) is 70.4 cm³/mol. The molecule has 2 N–H and O–H groups in total. The van der Waals surface area contributed by atoms with E-state index in [2.05, 4.69) is 10.2 Å². The number of benzene rings is 1. The smallest absolute Gasteiger partial charge is 0.141 e. The van der Waals surface area contributed by atoms with Crippen LogP contribution in [0.15, 0.2) is 18.2 Å². The number of halogens is 2. The number of hydrogen-bond donors (Lipinski definition) is 2. The summed E-state index contributed by atoms with van der Waals surface area (Å²) < 4.78 is 13.0. The van der Waals surface area contributed by atoms with Gasteiger partial charge in [0.15, 0.2) is 0 Å². The maximum Gasteiger partial charge on any atom is 0.141 e. The van der Waals surface area contributed by atoms with Crippen molar-refractivity contribution in [1.29, 1.82) is 0 Å². The highest BCUT2D eigenvalue weighted by atomic mass is 35.5. The van der Waals surface area contributed by atoms with Crippen molar-refractivity contribution >= 4 is 11.6 Å². The predicted octanol–water partition coefficient (Wildman–Crippen LogP) is 1.29. The summed E-state index contributed by atoms with van der Waals surface area (Å²) >= 11 is 5.71. The molecule has 1 aromatic carbocycles. The Balaban J connectivity index is 1.85. The van der Waals surface area contributed by atoms with Crippen LogP contribution in [0.2, 0.25) is 5.02 Å². The van der Waals surface area contributed by atoms with E-state index in [0.29, 0.717) is 13.0 Å². The van der Waals surface area contributed by atoms with Crippen LogP contribution in [-0.2, 0) is 6.42 Å². The van der Waals surface area contributed by atoms with E-state index in [-0.39, 0.29) is 5.02 Å². The Morgan fingerprint density at radius 2 is 2.11 bits per heavy atom. The van der Waals surface area contributed by atoms with Gasteiger partial charge in [-0.05, 0) is 24.1 Å². The number of aliphatic hydroxyl groups is 1. The number of hydrogen-bond acceptors (Lipinski definition) is 3. The maximum absolute atomic E-state index is 13.0. The fourth-order valence-corrected chi connectivity index (χ4v) is 2.40. The molecule has 0 spiro atoms. The summed E-state index contributed by atoms with van der Waals surface area (Å²) in [4.78, 5) is 2.23. The maximum atomic E-state index is 13.0. The summed E-state index contributed by atoms with van der Waals surface area (Å²) in [6.07, 6.45) is 0.0637. The summed E-state index contributed by atoms with van der Waals surface area (Å²) in [7, 11) is 0. The van der Waals surface area contributed by atoms with Gasteiger partial charge in [-0.15, -0.1) is 0 Å². The van der Waals surface area contributed by atoms with Crippen molar-refractivity contribution in [3.05, 3.63) is 34.6 Å². The molecule has 0 radical (unpaired) electrons. The highest BCUT2D eigenvalue weighted by Gasteiger charge is 2.15. The second kappa shape index (κ2) is 6.48. The van der Waals surface area contributed by atoms with Gasteiger partial charge in [-0.2, -0.15) is 0 Å². The van der Waals surface area contributed by atoms with Crippen LogP contribution < -0.4 is 5.32 Å². The molecule has 1 atom stereocenters. The first-order valence-electron chi connectivity index (χ1n) is 6.20. The van der Waals surface area contributed by atoms with Crippen molar-refractivity contribution in [1.82, 2.24) is 10.2 Å². The molecule has 0 saturated carbocycles. The molecule has 2 rings (SSSR count). The van der Waals surface area contributed by atoms with Gasteiger partial charge < -0.3 is 10.4 Å². The van der Waals surface area contributed by atoms with E-state index >= 15 is 0 Å². The Bertz CT molecular complexity index is 397. The summed E-state index contributed by atoms with van der Waals surface area (Å²) in [5, 5.41) is 13.4. The van der Waals surface area contributed by atoms with Crippen molar-refractivity contribution in [2.75, 3.05) is 32.7 Å². The highest BCUT2D eigenvalue weighted by Crippen LogP contribution is 2.17. The van der Waals surface area contributed by atoms with Gasteiger partial charge >= 0.3 is 0 Å². The van der Waals surface area contributed by atoms with Crippen molar-refractivity contribution in [2.24, 2.45) is 0 Å². The number of β-amino-alcohol motifs (C(OH)–C–C–N with tert-alkyl or cyclic N) is 1. The largest absolute Gasteiger partial charge is 0.391 e. The highest BCUT2D eigenvalue weighted by molar-refractivity contribution is 6.30. The van der Waals surface area contributed by atoms with E-state index in [1.54, 1.807) is 12.1 Å². The number of aliphatic hydroxyl groups excluding tert-OH is 1. The van der Waals surface area contributed by atoms with Crippen molar-refractivity contribution in [2.45, 2.75) is 12.5 Å². The van der Waals surface area contributed by atoms with Crippen LogP contribution in [-0.4, -0.2) is 48.8 Å². The van der Waals surface area contributed by atoms with E-state index in [1.165, 1.54) is 6.07 Å². The van der Waals surface area contributed by atoms with Gasteiger partial charge in [0.05, 0.1) is 11.1 Å². The average Bonchev–Trinajstić information content (AvgIpc) is 2.35. The van der Waals surface area contributed by atoms with E-state index in [0.717, 1.165) is 31.7 Å². The Labute approximate surface area is 112 Å². The Kier molecular flexibility index (Phi) is 4.95. The molecule has 1 aliphatic heterocycles. The molecule has 1 aromatic rings. The molecule has 0 bridgehead atoms. The van der Waals surface area contributed by atoms with Crippen molar-refractivity contribution < 1.29 is 9.50 Å². The summed E-state index contributed by atoms with van der Waals surface area (Å²) in [6.45, 7) is 4.50. The molecular formula is C13H18ClFN2O. The lowest BCUT2D eigenvalue weighted by Gasteiger charge is -2.29. The normalized spacial score (nSPS) is 18.8. The molecule has 5 heteroatoms. The lowest BCUT2D eigenvalue weighted by Crippen LogP contribution is -2.46. The van der Waals surface area contributed by atoms with Crippen LogP contribution >= 0.6 is 11.6 Å².